The summed E-state index contributed by atoms with van der Waals surface area (Å²) in [5.41, 5.74) is 1.96. The van der Waals surface area contributed by atoms with Crippen LogP contribution in [0.15, 0.2) is 42.9 Å². The number of carbonyl (C=O) groups is 1. The Bertz CT molecular complexity index is 544. The molecule has 19 heavy (non-hydrogen) atoms. The lowest BCUT2D eigenvalue weighted by molar-refractivity contribution is 0.0923. The molecule has 0 saturated heterocycles. The number of aromatic amines is 1. The first-order valence-corrected chi connectivity index (χ1v) is 6.62. The van der Waals surface area contributed by atoms with Crippen LogP contribution in [0.1, 0.15) is 35.3 Å². The Labute approximate surface area is 112 Å². The maximum absolute atomic E-state index is 11.9. The summed E-state index contributed by atoms with van der Waals surface area (Å²) in [4.78, 5) is 18.6. The van der Waals surface area contributed by atoms with Gasteiger partial charge in [0.1, 0.15) is 5.69 Å². The number of hydrogen-bond donors (Lipinski definition) is 2. The zero-order valence-corrected chi connectivity index (χ0v) is 10.7. The van der Waals surface area contributed by atoms with E-state index in [0.29, 0.717) is 12.2 Å². The predicted molar refractivity (Wildman–Crippen MR) is 72.9 cm³/mol. The first-order valence-electron chi connectivity index (χ1n) is 6.62. The van der Waals surface area contributed by atoms with Gasteiger partial charge in [-0.05, 0) is 18.4 Å². The van der Waals surface area contributed by atoms with Gasteiger partial charge in [-0.3, -0.25) is 4.79 Å². The van der Waals surface area contributed by atoms with Gasteiger partial charge >= 0.3 is 0 Å². The molecule has 0 spiro atoms. The van der Waals surface area contributed by atoms with Crippen molar-refractivity contribution < 1.29 is 4.79 Å². The summed E-state index contributed by atoms with van der Waals surface area (Å²) in [6.45, 7) is 0.689. The molecule has 0 unspecified atom stereocenters. The molecule has 0 radical (unpaired) electrons. The highest BCUT2D eigenvalue weighted by Crippen LogP contribution is 2.43. The van der Waals surface area contributed by atoms with Crippen LogP contribution in [0.4, 0.5) is 0 Å². The number of H-pyrrole nitrogens is 1. The summed E-state index contributed by atoms with van der Waals surface area (Å²) in [5, 5.41) is 3.02. The summed E-state index contributed by atoms with van der Waals surface area (Å²) in [6, 6.07) is 10.5. The lowest BCUT2D eigenvalue weighted by Crippen LogP contribution is -2.45. The number of nitrogens with one attached hydrogen (secondary N) is 2. The number of benzene rings is 1. The molecular weight excluding hydrogens is 238 g/mol. The van der Waals surface area contributed by atoms with E-state index in [9.17, 15) is 4.79 Å². The van der Waals surface area contributed by atoms with Crippen LogP contribution < -0.4 is 5.32 Å². The summed E-state index contributed by atoms with van der Waals surface area (Å²) in [6.07, 6.45) is 6.58. The molecule has 1 aromatic heterocycles. The zero-order chi connectivity index (χ0) is 13.1. The Morgan fingerprint density at radius 1 is 1.32 bits per heavy atom. The van der Waals surface area contributed by atoms with E-state index in [2.05, 4.69) is 39.6 Å². The third-order valence-corrected chi connectivity index (χ3v) is 4.03. The van der Waals surface area contributed by atoms with Crippen LogP contribution in [-0.4, -0.2) is 22.4 Å². The standard InChI is InChI=1S/C15H17N3O/c19-14(13-9-16-11-18-13)17-10-15(7-4-8-15)12-5-2-1-3-6-12/h1-3,5-6,9,11H,4,7-8,10H2,(H,16,18)(H,17,19). The second-order valence-corrected chi connectivity index (χ2v) is 5.15. The normalized spacial score (nSPS) is 16.6. The molecule has 3 rings (SSSR count). The third kappa shape index (κ3) is 2.26. The Hall–Kier alpha value is -2.10. The molecule has 2 aromatic rings. The van der Waals surface area contributed by atoms with Crippen LogP contribution in [0.25, 0.3) is 0 Å². The third-order valence-electron chi connectivity index (χ3n) is 4.03. The van der Waals surface area contributed by atoms with Crippen LogP contribution in [0, 0.1) is 0 Å². The summed E-state index contributed by atoms with van der Waals surface area (Å²) >= 11 is 0. The molecule has 1 aromatic carbocycles. The number of nitrogens with zero attached hydrogens (tertiary/aromatic N) is 1. The topological polar surface area (TPSA) is 57.8 Å². The van der Waals surface area contributed by atoms with Gasteiger partial charge in [0.15, 0.2) is 0 Å². The van der Waals surface area contributed by atoms with Crippen LogP contribution in [0.2, 0.25) is 0 Å². The van der Waals surface area contributed by atoms with Crippen molar-refractivity contribution in [1.82, 2.24) is 15.3 Å². The van der Waals surface area contributed by atoms with Gasteiger partial charge in [0.2, 0.25) is 0 Å². The number of rotatable bonds is 4. The van der Waals surface area contributed by atoms with Gasteiger partial charge in [0.25, 0.3) is 5.91 Å². The molecule has 1 aliphatic rings. The van der Waals surface area contributed by atoms with E-state index in [1.165, 1.54) is 18.3 Å². The lowest BCUT2D eigenvalue weighted by atomic mass is 9.64. The smallest absolute Gasteiger partial charge is 0.269 e. The monoisotopic (exact) mass is 255 g/mol. The number of imidazole rings is 1. The van der Waals surface area contributed by atoms with E-state index in [-0.39, 0.29) is 11.3 Å². The van der Waals surface area contributed by atoms with Gasteiger partial charge in [0.05, 0.1) is 12.5 Å². The molecule has 0 bridgehead atoms. The van der Waals surface area contributed by atoms with Crippen LogP contribution >= 0.6 is 0 Å². The zero-order valence-electron chi connectivity index (χ0n) is 10.7. The maximum atomic E-state index is 11.9. The molecule has 1 amide bonds. The van der Waals surface area contributed by atoms with Crippen molar-refractivity contribution in [2.45, 2.75) is 24.7 Å². The SMILES string of the molecule is O=C(NCC1(c2ccccc2)CCC1)c1cnc[nH]1. The average Bonchev–Trinajstić information content (AvgIpc) is 2.92. The highest BCUT2D eigenvalue weighted by Gasteiger charge is 2.38. The van der Waals surface area contributed by atoms with Gasteiger partial charge in [0, 0.05) is 12.0 Å². The van der Waals surface area contributed by atoms with Gasteiger partial charge < -0.3 is 10.3 Å². The Kier molecular flexibility index (Phi) is 3.07. The van der Waals surface area contributed by atoms with Crippen LogP contribution in [-0.2, 0) is 5.41 Å². The molecule has 1 heterocycles. The summed E-state index contributed by atoms with van der Waals surface area (Å²) in [7, 11) is 0. The highest BCUT2D eigenvalue weighted by molar-refractivity contribution is 5.92. The maximum Gasteiger partial charge on any atom is 0.269 e. The van der Waals surface area contributed by atoms with E-state index >= 15 is 0 Å². The van der Waals surface area contributed by atoms with Crippen molar-refractivity contribution in [3.8, 4) is 0 Å². The molecule has 4 heteroatoms. The fourth-order valence-corrected chi connectivity index (χ4v) is 2.69. The van der Waals surface area contributed by atoms with Crippen molar-refractivity contribution in [3.63, 3.8) is 0 Å². The molecule has 1 saturated carbocycles. The number of aromatic nitrogens is 2. The minimum absolute atomic E-state index is 0.0836. The van der Waals surface area contributed by atoms with Crippen LogP contribution in [0.5, 0.6) is 0 Å². The molecule has 1 fully saturated rings. The van der Waals surface area contributed by atoms with E-state index in [1.807, 2.05) is 6.07 Å². The summed E-state index contributed by atoms with van der Waals surface area (Å²) in [5.74, 6) is -0.0836. The molecule has 0 atom stereocenters. The largest absolute Gasteiger partial charge is 0.350 e. The number of amides is 1. The predicted octanol–water partition coefficient (Wildman–Crippen LogP) is 2.26. The molecular formula is C15H17N3O. The van der Waals surface area contributed by atoms with Gasteiger partial charge in [-0.2, -0.15) is 0 Å². The van der Waals surface area contributed by atoms with Crippen molar-refractivity contribution in [2.24, 2.45) is 0 Å². The Balaban J connectivity index is 1.69. The molecule has 98 valence electrons. The average molecular weight is 255 g/mol. The molecule has 2 N–H and O–H groups in total. The highest BCUT2D eigenvalue weighted by atomic mass is 16.1. The molecule has 1 aliphatic carbocycles. The Morgan fingerprint density at radius 2 is 2.11 bits per heavy atom. The first kappa shape index (κ1) is 12.0. The van der Waals surface area contributed by atoms with Crippen LogP contribution in [0.3, 0.4) is 0 Å². The molecule has 4 nitrogen and oxygen atoms in total. The first-order chi connectivity index (χ1) is 9.30. The van der Waals surface area contributed by atoms with Crippen molar-refractivity contribution in [2.75, 3.05) is 6.54 Å². The lowest BCUT2D eigenvalue weighted by Gasteiger charge is -2.42. The van der Waals surface area contributed by atoms with Crippen molar-refractivity contribution in [3.05, 3.63) is 54.1 Å². The quantitative estimate of drug-likeness (QED) is 0.880. The summed E-state index contributed by atoms with van der Waals surface area (Å²) < 4.78 is 0. The van der Waals surface area contributed by atoms with Gasteiger partial charge in [-0.25, -0.2) is 4.98 Å². The van der Waals surface area contributed by atoms with Gasteiger partial charge in [-0.1, -0.05) is 36.8 Å². The Morgan fingerprint density at radius 3 is 2.68 bits per heavy atom. The number of hydrogen-bond acceptors (Lipinski definition) is 2. The molecule has 0 aliphatic heterocycles. The van der Waals surface area contributed by atoms with E-state index < -0.39 is 0 Å². The number of carbonyl (C=O) groups excluding carboxylic acids is 1. The minimum Gasteiger partial charge on any atom is -0.350 e. The fraction of sp³-hybridized carbons (Fsp3) is 0.333. The second-order valence-electron chi connectivity index (χ2n) is 5.15. The van der Waals surface area contributed by atoms with Crippen molar-refractivity contribution in [1.29, 1.82) is 0 Å². The second kappa shape index (κ2) is 4.88. The van der Waals surface area contributed by atoms with E-state index in [1.54, 1.807) is 6.20 Å². The van der Waals surface area contributed by atoms with Gasteiger partial charge in [-0.15, -0.1) is 0 Å². The van der Waals surface area contributed by atoms with E-state index in [0.717, 1.165) is 12.8 Å². The minimum atomic E-state index is -0.0836. The fourth-order valence-electron chi connectivity index (χ4n) is 2.69. The van der Waals surface area contributed by atoms with Crippen molar-refractivity contribution >= 4 is 5.91 Å². The van der Waals surface area contributed by atoms with E-state index in [4.69, 9.17) is 0 Å².